The molecule has 4 saturated carbocycles. The van der Waals surface area contributed by atoms with Crippen LogP contribution in [0.2, 0.25) is 0 Å². The molecule has 0 amide bonds. The third-order valence-electron chi connectivity index (χ3n) is 7.36. The molecule has 0 aliphatic heterocycles. The third kappa shape index (κ3) is 4.23. The van der Waals surface area contributed by atoms with Gasteiger partial charge in [-0.2, -0.15) is 0 Å². The topological polar surface area (TPSA) is 140 Å². The summed E-state index contributed by atoms with van der Waals surface area (Å²) in [4.78, 5) is 34.1. The summed E-state index contributed by atoms with van der Waals surface area (Å²) < 4.78 is 42.1. The van der Waals surface area contributed by atoms with Crippen LogP contribution in [0.15, 0.2) is 0 Å². The van der Waals surface area contributed by atoms with Crippen LogP contribution < -0.4 is 0 Å². The van der Waals surface area contributed by atoms with Crippen molar-refractivity contribution in [3.63, 3.8) is 0 Å². The number of carbonyl (C=O) groups excluding carboxylic acids is 3. The summed E-state index contributed by atoms with van der Waals surface area (Å²) in [6.45, 7) is 2.03. The lowest BCUT2D eigenvalue weighted by Crippen LogP contribution is -2.34. The summed E-state index contributed by atoms with van der Waals surface area (Å²) in [6.07, 6.45) is -0.250. The molecule has 3 N–H and O–H groups in total. The molecule has 0 aromatic rings. The number of aliphatic hydroxyl groups is 3. The van der Waals surface area contributed by atoms with Crippen molar-refractivity contribution in [2.75, 3.05) is 14.2 Å². The Kier molecular flexibility index (Phi) is 7.36. The number of unbranched alkanes of at least 4 members (excludes halogenated alkanes) is 2. The number of hydrogen-bond donors (Lipinski definition) is 3. The number of halogens is 2. The molecule has 0 spiro atoms. The Bertz CT molecular complexity index is 763. The second kappa shape index (κ2) is 9.42. The Morgan fingerprint density at radius 1 is 0.818 bits per heavy atom. The van der Waals surface area contributed by atoms with E-state index < -0.39 is 77.3 Å². The van der Waals surface area contributed by atoms with Gasteiger partial charge in [0, 0.05) is 37.0 Å². The number of methoxy groups -OCH3 is 2. The zero-order chi connectivity index (χ0) is 24.7. The summed E-state index contributed by atoms with van der Waals surface area (Å²) in [5, 5.41) is 28.3. The van der Waals surface area contributed by atoms with Crippen LogP contribution in [-0.2, 0) is 28.6 Å². The molecule has 10 atom stereocenters. The highest BCUT2D eigenvalue weighted by Gasteiger charge is 2.81. The van der Waals surface area contributed by atoms with E-state index in [0.29, 0.717) is 0 Å². The Balaban J connectivity index is 0.000000203. The number of ether oxygens (including phenoxy) is 3. The lowest BCUT2D eigenvalue weighted by atomic mass is 10.1. The maximum Gasteiger partial charge on any atom is 0.344 e. The van der Waals surface area contributed by atoms with Gasteiger partial charge in [0.15, 0.2) is 0 Å². The summed E-state index contributed by atoms with van der Waals surface area (Å²) >= 11 is 0. The van der Waals surface area contributed by atoms with Crippen LogP contribution in [0.4, 0.5) is 8.78 Å². The highest BCUT2D eigenvalue weighted by molar-refractivity contribution is 5.86. The van der Waals surface area contributed by atoms with E-state index in [9.17, 15) is 38.5 Å². The molecule has 33 heavy (non-hydrogen) atoms. The summed E-state index contributed by atoms with van der Waals surface area (Å²) in [6, 6.07) is 0. The molecule has 1 unspecified atom stereocenters. The lowest BCUT2D eigenvalue weighted by molar-refractivity contribution is -0.158. The summed E-state index contributed by atoms with van der Waals surface area (Å²) in [5.41, 5.74) is -4.34. The average molecular weight is 478 g/mol. The van der Waals surface area contributed by atoms with Crippen LogP contribution in [0.1, 0.15) is 45.4 Å². The van der Waals surface area contributed by atoms with Crippen molar-refractivity contribution in [1.29, 1.82) is 0 Å². The van der Waals surface area contributed by atoms with Crippen molar-refractivity contribution < 1.29 is 52.7 Å². The first-order chi connectivity index (χ1) is 15.5. The molecule has 4 aliphatic rings. The predicted octanol–water partition coefficient (Wildman–Crippen LogP) is 0.610. The third-order valence-corrected chi connectivity index (χ3v) is 7.36. The number of esters is 3. The van der Waals surface area contributed by atoms with E-state index in [-0.39, 0.29) is 19.3 Å². The van der Waals surface area contributed by atoms with Gasteiger partial charge in [-0.05, 0) is 6.42 Å². The van der Waals surface area contributed by atoms with Gasteiger partial charge in [-0.25, -0.2) is 18.4 Å². The molecule has 4 aliphatic carbocycles. The molecule has 0 radical (unpaired) electrons. The molecular formula is C22H32F2O9. The van der Waals surface area contributed by atoms with Gasteiger partial charge >= 0.3 is 17.9 Å². The quantitative estimate of drug-likeness (QED) is 0.273. The molecule has 0 bridgehead atoms. The molecule has 11 heteroatoms. The standard InChI is InChI=1S/C14H21FO5.C8H11FO4/c1-3-4-5-6-10(17)20-9-7-8(16)11-12(9)14(11,15)13(18)19-2;1-13-7(12)8(9)5-3(10)2-4(11)6(5)8/h8-9,11-12,16H,3-7H2,1-2H3;3-6,10-11H,2H2,1H3/t8-,9+,11+,12-,14+;3-,4+,5+,6-,8?/m0./s1. The number of alkyl halides is 2. The predicted molar refractivity (Wildman–Crippen MR) is 107 cm³/mol. The largest absolute Gasteiger partial charge is 0.467 e. The van der Waals surface area contributed by atoms with E-state index in [1.54, 1.807) is 0 Å². The molecule has 0 heterocycles. The first-order valence-corrected chi connectivity index (χ1v) is 11.3. The number of rotatable bonds is 7. The minimum absolute atomic E-state index is 0.151. The van der Waals surface area contributed by atoms with E-state index in [1.165, 1.54) is 0 Å². The van der Waals surface area contributed by atoms with Crippen molar-refractivity contribution in [2.24, 2.45) is 23.7 Å². The molecule has 9 nitrogen and oxygen atoms in total. The second-order valence-electron chi connectivity index (χ2n) is 9.28. The minimum Gasteiger partial charge on any atom is -0.467 e. The van der Waals surface area contributed by atoms with E-state index in [4.69, 9.17) is 4.74 Å². The Hall–Kier alpha value is -1.85. The van der Waals surface area contributed by atoms with Crippen LogP contribution in [0, 0.1) is 23.7 Å². The highest BCUT2D eigenvalue weighted by Crippen LogP contribution is 2.65. The molecule has 0 aromatic heterocycles. The molecule has 0 saturated heterocycles. The first-order valence-electron chi connectivity index (χ1n) is 11.3. The van der Waals surface area contributed by atoms with Crippen LogP contribution in [0.3, 0.4) is 0 Å². The second-order valence-corrected chi connectivity index (χ2v) is 9.28. The Morgan fingerprint density at radius 3 is 1.76 bits per heavy atom. The van der Waals surface area contributed by atoms with Crippen molar-refractivity contribution in [2.45, 2.75) is 81.2 Å². The van der Waals surface area contributed by atoms with Gasteiger partial charge in [0.1, 0.15) is 6.10 Å². The van der Waals surface area contributed by atoms with Gasteiger partial charge in [0.2, 0.25) is 11.3 Å². The van der Waals surface area contributed by atoms with Crippen molar-refractivity contribution >= 4 is 17.9 Å². The van der Waals surface area contributed by atoms with E-state index in [2.05, 4.69) is 9.47 Å². The smallest absolute Gasteiger partial charge is 0.344 e. The SMILES string of the molecule is CCCCCC(=O)O[C@@H]1C[C@H](O)[C@@H]2[C@H]1[C@@]2(F)C(=O)OC.COC(=O)C1(F)[C@@H]2[C@H]1[C@@H](O)C[C@H]2O. The highest BCUT2D eigenvalue weighted by atomic mass is 19.2. The fourth-order valence-corrected chi connectivity index (χ4v) is 5.67. The normalized spacial score (nSPS) is 44.0. The molecular weight excluding hydrogens is 446 g/mol. The van der Waals surface area contributed by atoms with Crippen molar-refractivity contribution in [1.82, 2.24) is 0 Å². The summed E-state index contributed by atoms with van der Waals surface area (Å²) in [7, 11) is 2.20. The molecule has 0 aromatic carbocycles. The Labute approximate surface area is 190 Å². The fraction of sp³-hybridized carbons (Fsp3) is 0.864. The van der Waals surface area contributed by atoms with Crippen LogP contribution >= 0.6 is 0 Å². The number of carbonyl (C=O) groups is 3. The van der Waals surface area contributed by atoms with Gasteiger partial charge in [0.25, 0.3) is 0 Å². The van der Waals surface area contributed by atoms with Gasteiger partial charge in [0.05, 0.1) is 38.4 Å². The molecule has 4 fully saturated rings. The van der Waals surface area contributed by atoms with E-state index >= 15 is 0 Å². The van der Waals surface area contributed by atoms with E-state index in [1.807, 2.05) is 6.92 Å². The number of aliphatic hydroxyl groups excluding tert-OH is 3. The van der Waals surface area contributed by atoms with Crippen LogP contribution in [0.25, 0.3) is 0 Å². The lowest BCUT2D eigenvalue weighted by Gasteiger charge is -2.19. The zero-order valence-electron chi connectivity index (χ0n) is 18.9. The minimum atomic E-state index is -2.19. The van der Waals surface area contributed by atoms with Gasteiger partial charge < -0.3 is 29.5 Å². The summed E-state index contributed by atoms with van der Waals surface area (Å²) in [5.74, 6) is -5.47. The average Bonchev–Trinajstić information content (AvgIpc) is 3.50. The molecule has 188 valence electrons. The Morgan fingerprint density at radius 2 is 1.27 bits per heavy atom. The van der Waals surface area contributed by atoms with Gasteiger partial charge in [-0.3, -0.25) is 4.79 Å². The maximum absolute atomic E-state index is 14.4. The van der Waals surface area contributed by atoms with Crippen LogP contribution in [0.5, 0.6) is 0 Å². The number of hydrogen-bond acceptors (Lipinski definition) is 9. The van der Waals surface area contributed by atoms with E-state index in [0.717, 1.165) is 33.5 Å². The van der Waals surface area contributed by atoms with Gasteiger partial charge in [-0.1, -0.05) is 19.8 Å². The van der Waals surface area contributed by atoms with Gasteiger partial charge in [-0.15, -0.1) is 0 Å². The van der Waals surface area contributed by atoms with Crippen LogP contribution in [-0.4, -0.2) is 83.2 Å². The maximum atomic E-state index is 14.4. The van der Waals surface area contributed by atoms with Crippen molar-refractivity contribution in [3.8, 4) is 0 Å². The monoisotopic (exact) mass is 478 g/mol. The fourth-order valence-electron chi connectivity index (χ4n) is 5.67. The zero-order valence-corrected chi connectivity index (χ0v) is 18.9. The number of fused-ring (bicyclic) bond motifs is 2. The first kappa shape index (κ1) is 25.8. The van der Waals surface area contributed by atoms with Crippen molar-refractivity contribution in [3.05, 3.63) is 0 Å². The molecule has 4 rings (SSSR count).